The quantitative estimate of drug-likeness (QED) is 0.303. The van der Waals surface area contributed by atoms with Crippen molar-refractivity contribution in [2.45, 2.75) is 13.5 Å². The molecule has 0 aliphatic carbocycles. The smallest absolute Gasteiger partial charge is 0.373 e. The average Bonchev–Trinajstić information content (AvgIpc) is 2.81. The fraction of sp³-hybridized carbons (Fsp3) is 0.238. The summed E-state index contributed by atoms with van der Waals surface area (Å²) in [4.78, 5) is 18.6. The number of nitrogens with zero attached hydrogens (tertiary/aromatic N) is 3. The number of aromatic nitrogens is 2. The van der Waals surface area contributed by atoms with Gasteiger partial charge in [-0.05, 0) is 19.1 Å². The lowest BCUT2D eigenvalue weighted by Crippen LogP contribution is -2.07. The zero-order valence-corrected chi connectivity index (χ0v) is 19.0. The van der Waals surface area contributed by atoms with Crippen LogP contribution < -0.4 is 24.3 Å². The lowest BCUT2D eigenvalue weighted by molar-refractivity contribution is -0.385. The molecule has 0 aliphatic rings. The zero-order valence-electron chi connectivity index (χ0n) is 18.2. The number of anilines is 2. The van der Waals surface area contributed by atoms with E-state index >= 15 is 0 Å². The van der Waals surface area contributed by atoms with Gasteiger partial charge in [-0.15, -0.1) is 0 Å². The Morgan fingerprint density at radius 3 is 2.47 bits per heavy atom. The fourth-order valence-corrected chi connectivity index (χ4v) is 3.14. The van der Waals surface area contributed by atoms with Gasteiger partial charge in [-0.3, -0.25) is 10.1 Å². The summed E-state index contributed by atoms with van der Waals surface area (Å²) in [7, 11) is 2.67. The van der Waals surface area contributed by atoms with Gasteiger partial charge >= 0.3 is 5.69 Å². The Balaban J connectivity index is 1.97. The molecular formula is C21H19ClF2N4O6. The molecule has 0 saturated heterocycles. The minimum Gasteiger partial charge on any atom is -0.496 e. The summed E-state index contributed by atoms with van der Waals surface area (Å²) in [5.74, 6) is -2.23. The number of rotatable bonds is 10. The van der Waals surface area contributed by atoms with E-state index in [0.29, 0.717) is 0 Å². The van der Waals surface area contributed by atoms with Crippen LogP contribution >= 0.6 is 11.6 Å². The Morgan fingerprint density at radius 1 is 1.09 bits per heavy atom. The van der Waals surface area contributed by atoms with E-state index in [1.54, 1.807) is 6.92 Å². The number of nitrogens with one attached hydrogen (secondary N) is 1. The summed E-state index contributed by atoms with van der Waals surface area (Å²) in [6.45, 7) is 1.39. The minimum atomic E-state index is -1.12. The predicted octanol–water partition coefficient (Wildman–Crippen LogP) is 5.05. The fourth-order valence-electron chi connectivity index (χ4n) is 2.94. The Hall–Kier alpha value is -3.93. The van der Waals surface area contributed by atoms with Crippen LogP contribution in [-0.4, -0.2) is 35.7 Å². The van der Waals surface area contributed by atoms with Crippen molar-refractivity contribution in [3.63, 3.8) is 0 Å². The van der Waals surface area contributed by atoms with Crippen molar-refractivity contribution in [3.8, 4) is 23.1 Å². The molecule has 0 bridgehead atoms. The van der Waals surface area contributed by atoms with Crippen molar-refractivity contribution < 1.29 is 32.7 Å². The standard InChI is InChI=1S/C21H19ClF2N4O6/c1-4-33-21-19(28(29)30)20(25-10-26-21)27-14-8-17(16(32-3)7-12(14)22)34-9-11-15(31-2)6-5-13(23)18(11)24/h5-8,10H,4,9H2,1-3H3,(H,25,26,27). The number of hydrogen-bond acceptors (Lipinski definition) is 9. The third-order valence-electron chi connectivity index (χ3n) is 4.50. The molecule has 0 unspecified atom stereocenters. The lowest BCUT2D eigenvalue weighted by atomic mass is 10.2. The van der Waals surface area contributed by atoms with E-state index in [2.05, 4.69) is 15.3 Å². The maximum atomic E-state index is 14.3. The number of hydrogen-bond donors (Lipinski definition) is 1. The van der Waals surface area contributed by atoms with Crippen LogP contribution in [0.5, 0.6) is 23.1 Å². The molecular weight excluding hydrogens is 478 g/mol. The first-order chi connectivity index (χ1) is 16.3. The lowest BCUT2D eigenvalue weighted by Gasteiger charge is -2.16. The first-order valence-electron chi connectivity index (χ1n) is 9.71. The van der Waals surface area contributed by atoms with Crippen molar-refractivity contribution in [2.24, 2.45) is 0 Å². The molecule has 3 aromatic rings. The van der Waals surface area contributed by atoms with Crippen LogP contribution in [0.2, 0.25) is 5.02 Å². The van der Waals surface area contributed by atoms with E-state index in [1.165, 1.54) is 32.4 Å². The Kier molecular flexibility index (Phi) is 7.84. The first kappa shape index (κ1) is 24.7. The van der Waals surface area contributed by atoms with Gasteiger partial charge in [-0.25, -0.2) is 13.8 Å². The number of nitro groups is 1. The third kappa shape index (κ3) is 5.17. The molecule has 2 aromatic carbocycles. The molecule has 34 heavy (non-hydrogen) atoms. The van der Waals surface area contributed by atoms with Gasteiger partial charge < -0.3 is 24.3 Å². The molecule has 1 N–H and O–H groups in total. The van der Waals surface area contributed by atoms with Crippen LogP contribution in [0.4, 0.5) is 26.0 Å². The van der Waals surface area contributed by atoms with Crippen LogP contribution in [0, 0.1) is 21.7 Å². The van der Waals surface area contributed by atoms with Crippen molar-refractivity contribution >= 4 is 28.8 Å². The van der Waals surface area contributed by atoms with Gasteiger partial charge in [-0.2, -0.15) is 4.98 Å². The summed E-state index contributed by atoms with van der Waals surface area (Å²) in [5, 5.41) is 14.5. The second-order valence-corrected chi connectivity index (χ2v) is 6.91. The molecule has 13 heteroatoms. The van der Waals surface area contributed by atoms with Gasteiger partial charge in [0.05, 0.1) is 42.0 Å². The van der Waals surface area contributed by atoms with E-state index < -0.39 is 28.9 Å². The molecule has 0 spiro atoms. The summed E-state index contributed by atoms with van der Waals surface area (Å²) in [5.41, 5.74) is -0.486. The molecule has 180 valence electrons. The Morgan fingerprint density at radius 2 is 1.82 bits per heavy atom. The molecule has 0 atom stereocenters. The van der Waals surface area contributed by atoms with Crippen molar-refractivity contribution in [1.82, 2.24) is 9.97 Å². The van der Waals surface area contributed by atoms with Crippen molar-refractivity contribution in [1.29, 1.82) is 0 Å². The van der Waals surface area contributed by atoms with E-state index in [1.807, 2.05) is 0 Å². The molecule has 3 rings (SSSR count). The monoisotopic (exact) mass is 496 g/mol. The van der Waals surface area contributed by atoms with Crippen molar-refractivity contribution in [3.05, 3.63) is 62.9 Å². The number of ether oxygens (including phenoxy) is 4. The van der Waals surface area contributed by atoms with E-state index in [-0.39, 0.29) is 51.8 Å². The molecule has 0 fully saturated rings. The highest BCUT2D eigenvalue weighted by molar-refractivity contribution is 6.33. The second kappa shape index (κ2) is 10.8. The summed E-state index contributed by atoms with van der Waals surface area (Å²) >= 11 is 6.30. The summed E-state index contributed by atoms with van der Waals surface area (Å²) < 4.78 is 49.2. The average molecular weight is 497 g/mol. The van der Waals surface area contributed by atoms with E-state index in [4.69, 9.17) is 30.5 Å². The SMILES string of the molecule is CCOc1ncnc(Nc2cc(OCc3c(OC)ccc(F)c3F)c(OC)cc2Cl)c1[N+](=O)[O-]. The van der Waals surface area contributed by atoms with Gasteiger partial charge in [0.15, 0.2) is 23.1 Å². The molecule has 10 nitrogen and oxygen atoms in total. The Bertz CT molecular complexity index is 1210. The molecule has 1 aromatic heterocycles. The number of methoxy groups -OCH3 is 2. The summed E-state index contributed by atoms with van der Waals surface area (Å²) in [6, 6.07) is 4.97. The van der Waals surface area contributed by atoms with Crippen LogP contribution in [0.25, 0.3) is 0 Å². The molecule has 0 saturated carbocycles. The Labute approximate surface area is 197 Å². The molecule has 0 radical (unpaired) electrons. The van der Waals surface area contributed by atoms with Crippen molar-refractivity contribution in [2.75, 3.05) is 26.1 Å². The third-order valence-corrected chi connectivity index (χ3v) is 4.82. The van der Waals surface area contributed by atoms with E-state index in [9.17, 15) is 18.9 Å². The second-order valence-electron chi connectivity index (χ2n) is 6.50. The predicted molar refractivity (Wildman–Crippen MR) is 118 cm³/mol. The normalized spacial score (nSPS) is 10.5. The molecule has 1 heterocycles. The number of benzene rings is 2. The van der Waals surface area contributed by atoms with Gasteiger partial charge in [0.1, 0.15) is 18.7 Å². The highest BCUT2D eigenvalue weighted by Crippen LogP contribution is 2.40. The van der Waals surface area contributed by atoms with Crippen LogP contribution in [0.3, 0.4) is 0 Å². The molecule has 0 amide bonds. The highest BCUT2D eigenvalue weighted by atomic mass is 35.5. The minimum absolute atomic E-state index is 0.0851. The van der Waals surface area contributed by atoms with Crippen LogP contribution in [-0.2, 0) is 6.61 Å². The van der Waals surface area contributed by atoms with E-state index in [0.717, 1.165) is 12.4 Å². The number of halogens is 3. The van der Waals surface area contributed by atoms with Gasteiger partial charge in [0.2, 0.25) is 5.82 Å². The van der Waals surface area contributed by atoms with Gasteiger partial charge in [-0.1, -0.05) is 11.6 Å². The molecule has 0 aliphatic heterocycles. The largest absolute Gasteiger partial charge is 0.496 e. The maximum Gasteiger partial charge on any atom is 0.373 e. The topological polar surface area (TPSA) is 118 Å². The highest BCUT2D eigenvalue weighted by Gasteiger charge is 2.25. The first-order valence-corrected chi connectivity index (χ1v) is 10.1. The van der Waals surface area contributed by atoms with Crippen LogP contribution in [0.1, 0.15) is 12.5 Å². The van der Waals surface area contributed by atoms with Gasteiger partial charge in [0.25, 0.3) is 5.88 Å². The zero-order chi connectivity index (χ0) is 24.8. The van der Waals surface area contributed by atoms with Crippen LogP contribution in [0.15, 0.2) is 30.6 Å². The maximum absolute atomic E-state index is 14.3. The summed E-state index contributed by atoms with van der Waals surface area (Å²) in [6.07, 6.45) is 1.09. The van der Waals surface area contributed by atoms with Gasteiger partial charge in [0, 0.05) is 12.1 Å².